The van der Waals surface area contributed by atoms with E-state index in [2.05, 4.69) is 10.4 Å². The molecule has 0 saturated heterocycles. The Labute approximate surface area is 147 Å². The van der Waals surface area contributed by atoms with E-state index >= 15 is 0 Å². The van der Waals surface area contributed by atoms with Crippen LogP contribution in [0.15, 0.2) is 57.9 Å². The SMILES string of the molecule is O=C(CCCn1nc(-c2ccco2)ccc1=O)Nc1ccc(F)c(F)c1. The van der Waals surface area contributed by atoms with Gasteiger partial charge in [-0.3, -0.25) is 9.59 Å². The van der Waals surface area contributed by atoms with Gasteiger partial charge in [-0.25, -0.2) is 13.5 Å². The van der Waals surface area contributed by atoms with Crippen molar-refractivity contribution in [1.29, 1.82) is 0 Å². The maximum absolute atomic E-state index is 13.1. The summed E-state index contributed by atoms with van der Waals surface area (Å²) < 4.78 is 32.5. The molecule has 0 aliphatic carbocycles. The first kappa shape index (κ1) is 17.5. The zero-order valence-corrected chi connectivity index (χ0v) is 13.6. The van der Waals surface area contributed by atoms with Crippen LogP contribution in [0.25, 0.3) is 11.5 Å². The summed E-state index contributed by atoms with van der Waals surface area (Å²) in [6.07, 6.45) is 1.96. The van der Waals surface area contributed by atoms with Crippen molar-refractivity contribution in [2.75, 3.05) is 5.32 Å². The van der Waals surface area contributed by atoms with Crippen LogP contribution in [0.5, 0.6) is 0 Å². The van der Waals surface area contributed by atoms with Gasteiger partial charge in [0.1, 0.15) is 5.69 Å². The van der Waals surface area contributed by atoms with Crippen molar-refractivity contribution in [1.82, 2.24) is 9.78 Å². The third-order valence-corrected chi connectivity index (χ3v) is 3.62. The van der Waals surface area contributed by atoms with Crippen molar-refractivity contribution in [3.63, 3.8) is 0 Å². The molecule has 3 rings (SSSR count). The minimum absolute atomic E-state index is 0.0953. The number of rotatable bonds is 6. The summed E-state index contributed by atoms with van der Waals surface area (Å²) in [5, 5.41) is 6.68. The average Bonchev–Trinajstić information content (AvgIpc) is 3.14. The fourth-order valence-electron chi connectivity index (χ4n) is 2.35. The number of carbonyl (C=O) groups excluding carboxylic acids is 1. The van der Waals surface area contributed by atoms with Gasteiger partial charge < -0.3 is 9.73 Å². The molecular formula is C18H15F2N3O3. The zero-order chi connectivity index (χ0) is 18.5. The first-order valence-electron chi connectivity index (χ1n) is 7.90. The smallest absolute Gasteiger partial charge is 0.266 e. The van der Waals surface area contributed by atoms with Gasteiger partial charge in [-0.05, 0) is 36.8 Å². The Bertz CT molecular complexity index is 968. The van der Waals surface area contributed by atoms with Gasteiger partial charge in [0.2, 0.25) is 5.91 Å². The normalized spacial score (nSPS) is 10.7. The molecule has 0 unspecified atom stereocenters. The highest BCUT2D eigenvalue weighted by Gasteiger charge is 2.08. The maximum Gasteiger partial charge on any atom is 0.266 e. The van der Waals surface area contributed by atoms with Gasteiger partial charge in [-0.15, -0.1) is 0 Å². The number of nitrogens with zero attached hydrogens (tertiary/aromatic N) is 2. The molecule has 0 aliphatic rings. The van der Waals surface area contributed by atoms with Gasteiger partial charge in [0, 0.05) is 30.8 Å². The molecule has 2 heterocycles. The number of aromatic nitrogens is 2. The van der Waals surface area contributed by atoms with Gasteiger partial charge in [0.25, 0.3) is 5.56 Å². The second kappa shape index (κ2) is 7.73. The van der Waals surface area contributed by atoms with Crippen molar-refractivity contribution in [3.8, 4) is 11.5 Å². The second-order valence-electron chi connectivity index (χ2n) is 5.54. The van der Waals surface area contributed by atoms with E-state index in [0.29, 0.717) is 17.9 Å². The quantitative estimate of drug-likeness (QED) is 0.733. The van der Waals surface area contributed by atoms with Crippen LogP contribution in [-0.4, -0.2) is 15.7 Å². The predicted molar refractivity (Wildman–Crippen MR) is 90.4 cm³/mol. The number of anilines is 1. The van der Waals surface area contributed by atoms with Crippen LogP contribution in [-0.2, 0) is 11.3 Å². The fraction of sp³-hybridized carbons (Fsp3) is 0.167. The highest BCUT2D eigenvalue weighted by atomic mass is 19.2. The Balaban J connectivity index is 1.57. The maximum atomic E-state index is 13.1. The molecule has 1 aromatic carbocycles. The Kier molecular flexibility index (Phi) is 5.21. The molecular weight excluding hydrogens is 344 g/mol. The molecule has 8 heteroatoms. The molecule has 134 valence electrons. The lowest BCUT2D eigenvalue weighted by molar-refractivity contribution is -0.116. The van der Waals surface area contributed by atoms with Gasteiger partial charge in [0.05, 0.1) is 6.26 Å². The van der Waals surface area contributed by atoms with Crippen LogP contribution >= 0.6 is 0 Å². The van der Waals surface area contributed by atoms with E-state index in [9.17, 15) is 18.4 Å². The van der Waals surface area contributed by atoms with Crippen molar-refractivity contribution in [2.24, 2.45) is 0 Å². The van der Waals surface area contributed by atoms with E-state index in [0.717, 1.165) is 12.1 Å². The molecule has 0 spiro atoms. The molecule has 0 saturated carbocycles. The van der Waals surface area contributed by atoms with Gasteiger partial charge in [-0.2, -0.15) is 5.10 Å². The molecule has 0 radical (unpaired) electrons. The van der Waals surface area contributed by atoms with Crippen LogP contribution in [0.3, 0.4) is 0 Å². The molecule has 0 fully saturated rings. The van der Waals surface area contributed by atoms with Crippen molar-refractivity contribution < 1.29 is 18.0 Å². The van der Waals surface area contributed by atoms with Gasteiger partial charge >= 0.3 is 0 Å². The predicted octanol–water partition coefficient (Wildman–Crippen LogP) is 3.20. The van der Waals surface area contributed by atoms with Crippen LogP contribution < -0.4 is 10.9 Å². The molecule has 0 bridgehead atoms. The van der Waals surface area contributed by atoms with Crippen molar-refractivity contribution in [2.45, 2.75) is 19.4 Å². The Morgan fingerprint density at radius 3 is 2.73 bits per heavy atom. The topological polar surface area (TPSA) is 77.1 Å². The van der Waals surface area contributed by atoms with Gasteiger partial charge in [-0.1, -0.05) is 0 Å². The van der Waals surface area contributed by atoms with Gasteiger partial charge in [0.15, 0.2) is 17.4 Å². The summed E-state index contributed by atoms with van der Waals surface area (Å²) in [4.78, 5) is 23.8. The molecule has 1 N–H and O–H groups in total. The number of amides is 1. The molecule has 1 amide bonds. The van der Waals surface area contributed by atoms with E-state index in [1.165, 1.54) is 23.1 Å². The van der Waals surface area contributed by atoms with Crippen LogP contribution in [0.1, 0.15) is 12.8 Å². The van der Waals surface area contributed by atoms with Crippen LogP contribution in [0.4, 0.5) is 14.5 Å². The number of furan rings is 1. The van der Waals surface area contributed by atoms with E-state index in [1.807, 2.05) is 0 Å². The summed E-state index contributed by atoms with van der Waals surface area (Å²) in [7, 11) is 0. The second-order valence-corrected chi connectivity index (χ2v) is 5.54. The molecule has 26 heavy (non-hydrogen) atoms. The average molecular weight is 359 g/mol. The summed E-state index contributed by atoms with van der Waals surface area (Å²) >= 11 is 0. The standard InChI is InChI=1S/C18H15F2N3O3/c19-13-6-5-12(11-14(13)20)21-17(24)4-1-9-23-18(25)8-7-15(22-23)16-3-2-10-26-16/h2-3,5-8,10-11H,1,4,9H2,(H,21,24). The number of halogens is 2. The highest BCUT2D eigenvalue weighted by Crippen LogP contribution is 2.15. The van der Waals surface area contributed by atoms with Crippen molar-refractivity contribution >= 4 is 11.6 Å². The highest BCUT2D eigenvalue weighted by molar-refractivity contribution is 5.90. The minimum Gasteiger partial charge on any atom is -0.463 e. The summed E-state index contributed by atoms with van der Waals surface area (Å²) in [5.74, 6) is -1.85. The van der Waals surface area contributed by atoms with E-state index in [4.69, 9.17) is 4.42 Å². The van der Waals surface area contributed by atoms with Crippen molar-refractivity contribution in [3.05, 3.63) is 70.7 Å². The van der Waals surface area contributed by atoms with E-state index in [-0.39, 0.29) is 30.1 Å². The molecule has 6 nitrogen and oxygen atoms in total. The number of hydrogen-bond acceptors (Lipinski definition) is 4. The molecule has 0 atom stereocenters. The lowest BCUT2D eigenvalue weighted by atomic mass is 10.2. The lowest BCUT2D eigenvalue weighted by Gasteiger charge is -2.07. The number of hydrogen-bond donors (Lipinski definition) is 1. The summed E-state index contributed by atoms with van der Waals surface area (Å²) in [6.45, 7) is 0.235. The van der Waals surface area contributed by atoms with E-state index in [1.54, 1.807) is 18.2 Å². The Hall–Kier alpha value is -3.29. The number of nitrogens with one attached hydrogen (secondary N) is 1. The van der Waals surface area contributed by atoms with Crippen LogP contribution in [0.2, 0.25) is 0 Å². The third-order valence-electron chi connectivity index (χ3n) is 3.62. The molecule has 0 aliphatic heterocycles. The molecule has 3 aromatic rings. The minimum atomic E-state index is -1.03. The fourth-order valence-corrected chi connectivity index (χ4v) is 2.35. The molecule has 2 aromatic heterocycles. The Morgan fingerprint density at radius 2 is 2.00 bits per heavy atom. The lowest BCUT2D eigenvalue weighted by Crippen LogP contribution is -2.23. The zero-order valence-electron chi connectivity index (χ0n) is 13.6. The largest absolute Gasteiger partial charge is 0.463 e. The number of aryl methyl sites for hydroxylation is 1. The Morgan fingerprint density at radius 1 is 1.15 bits per heavy atom. The summed E-state index contributed by atoms with van der Waals surface area (Å²) in [6, 6.07) is 9.51. The first-order valence-corrected chi connectivity index (χ1v) is 7.90. The first-order chi connectivity index (χ1) is 12.5. The number of carbonyl (C=O) groups is 1. The van der Waals surface area contributed by atoms with E-state index < -0.39 is 11.6 Å². The monoisotopic (exact) mass is 359 g/mol. The third kappa shape index (κ3) is 4.21. The van der Waals surface area contributed by atoms with Crippen LogP contribution in [0, 0.1) is 11.6 Å². The summed E-state index contributed by atoms with van der Waals surface area (Å²) in [5.41, 5.74) is 0.395. The number of benzene rings is 1.